The second-order valence-electron chi connectivity index (χ2n) is 4.96. The molecule has 2 aromatic heterocycles. The van der Waals surface area contributed by atoms with Crippen LogP contribution in [0.5, 0.6) is 0 Å². The van der Waals surface area contributed by atoms with Gasteiger partial charge in [0.1, 0.15) is 5.52 Å². The highest BCUT2D eigenvalue weighted by molar-refractivity contribution is 5.87. The summed E-state index contributed by atoms with van der Waals surface area (Å²) in [6.07, 6.45) is 1.56. The summed E-state index contributed by atoms with van der Waals surface area (Å²) in [5.74, 6) is 1.05. The molecule has 0 saturated heterocycles. The van der Waals surface area contributed by atoms with E-state index in [0.717, 1.165) is 0 Å². The summed E-state index contributed by atoms with van der Waals surface area (Å²) in [6, 6.07) is 0. The van der Waals surface area contributed by atoms with Crippen molar-refractivity contribution in [1.29, 1.82) is 0 Å². The quantitative estimate of drug-likeness (QED) is 0.702. The average Bonchev–Trinajstić information content (AvgIpc) is 2.83. The number of rotatable bonds is 6. The van der Waals surface area contributed by atoms with Crippen molar-refractivity contribution >= 4 is 28.8 Å². The average molecular weight is 277 g/mol. The Morgan fingerprint density at radius 1 is 1.50 bits per heavy atom. The topological polar surface area (TPSA) is 113 Å². The maximum atomic E-state index is 11.3. The molecule has 2 heterocycles. The molecule has 20 heavy (non-hydrogen) atoms. The Bertz CT molecular complexity index is 607. The highest BCUT2D eigenvalue weighted by Gasteiger charge is 2.18. The van der Waals surface area contributed by atoms with Crippen LogP contribution in [0.15, 0.2) is 6.33 Å². The van der Waals surface area contributed by atoms with E-state index < -0.39 is 5.91 Å². The third kappa shape index (κ3) is 2.95. The number of carbonyl (C=O) groups excluding carboxylic acids is 1. The number of aromatic amines is 1. The lowest BCUT2D eigenvalue weighted by atomic mass is 10.2. The molecule has 0 radical (unpaired) electrons. The third-order valence-electron chi connectivity index (χ3n) is 2.72. The summed E-state index contributed by atoms with van der Waals surface area (Å²) < 4.78 is 0. The Balaban J connectivity index is 2.49. The van der Waals surface area contributed by atoms with E-state index in [1.54, 1.807) is 13.4 Å². The first-order valence-electron chi connectivity index (χ1n) is 6.43. The Hall–Kier alpha value is -2.38. The number of nitrogens with two attached hydrogens (primary N) is 1. The first-order valence-corrected chi connectivity index (χ1v) is 6.43. The summed E-state index contributed by atoms with van der Waals surface area (Å²) in [5.41, 5.74) is 6.58. The van der Waals surface area contributed by atoms with Gasteiger partial charge >= 0.3 is 0 Å². The fourth-order valence-corrected chi connectivity index (χ4v) is 2.01. The van der Waals surface area contributed by atoms with Crippen LogP contribution in [0, 0.1) is 5.92 Å². The van der Waals surface area contributed by atoms with E-state index in [9.17, 15) is 4.79 Å². The number of amides is 1. The maximum Gasteiger partial charge on any atom is 0.237 e. The van der Waals surface area contributed by atoms with Gasteiger partial charge < -0.3 is 20.9 Å². The lowest BCUT2D eigenvalue weighted by molar-refractivity contribution is -0.116. The van der Waals surface area contributed by atoms with E-state index in [1.165, 1.54) is 0 Å². The van der Waals surface area contributed by atoms with E-state index in [-0.39, 0.29) is 6.54 Å². The van der Waals surface area contributed by atoms with Crippen molar-refractivity contribution in [2.45, 2.75) is 13.8 Å². The summed E-state index contributed by atoms with van der Waals surface area (Å²) in [4.78, 5) is 29.0. The molecule has 0 fully saturated rings. The van der Waals surface area contributed by atoms with Crippen LogP contribution in [0.25, 0.3) is 11.2 Å². The van der Waals surface area contributed by atoms with Crippen molar-refractivity contribution in [3.8, 4) is 0 Å². The van der Waals surface area contributed by atoms with Crippen molar-refractivity contribution in [1.82, 2.24) is 19.9 Å². The highest BCUT2D eigenvalue weighted by Crippen LogP contribution is 2.23. The number of anilines is 2. The highest BCUT2D eigenvalue weighted by atomic mass is 16.1. The molecule has 0 spiro atoms. The van der Waals surface area contributed by atoms with Gasteiger partial charge in [0.25, 0.3) is 0 Å². The minimum atomic E-state index is -0.400. The zero-order chi connectivity index (χ0) is 14.7. The number of carbonyl (C=O) groups is 1. The van der Waals surface area contributed by atoms with Gasteiger partial charge in [0, 0.05) is 13.6 Å². The van der Waals surface area contributed by atoms with Crippen LogP contribution in [0.4, 0.5) is 11.8 Å². The first-order chi connectivity index (χ1) is 9.51. The second-order valence-corrected chi connectivity index (χ2v) is 4.96. The molecule has 0 atom stereocenters. The maximum absolute atomic E-state index is 11.3. The summed E-state index contributed by atoms with van der Waals surface area (Å²) >= 11 is 0. The van der Waals surface area contributed by atoms with Crippen LogP contribution in [0.1, 0.15) is 13.8 Å². The van der Waals surface area contributed by atoms with Crippen LogP contribution in [0.3, 0.4) is 0 Å². The van der Waals surface area contributed by atoms with Crippen molar-refractivity contribution in [2.75, 3.05) is 30.4 Å². The predicted octanol–water partition coefficient (Wildman–Crippen LogP) is 0.342. The molecular formula is C12H19N7O. The van der Waals surface area contributed by atoms with E-state index in [1.807, 2.05) is 4.90 Å². The number of H-pyrrole nitrogens is 1. The number of nitrogens with zero attached hydrogens (tertiary/aromatic N) is 4. The number of fused-ring (bicyclic) bond motifs is 1. The minimum Gasteiger partial charge on any atom is -0.368 e. The minimum absolute atomic E-state index is 0.104. The van der Waals surface area contributed by atoms with Gasteiger partial charge in [0.2, 0.25) is 11.9 Å². The molecule has 1 amide bonds. The molecule has 8 nitrogen and oxygen atoms in total. The Kier molecular flexibility index (Phi) is 4.02. The first kappa shape index (κ1) is 14.0. The van der Waals surface area contributed by atoms with Gasteiger partial charge in [-0.05, 0) is 5.92 Å². The van der Waals surface area contributed by atoms with Crippen LogP contribution in [-0.2, 0) is 4.79 Å². The Morgan fingerprint density at radius 2 is 2.25 bits per heavy atom. The molecule has 0 aromatic carbocycles. The predicted molar refractivity (Wildman–Crippen MR) is 77.5 cm³/mol. The standard InChI is InChI=1S/C12H19N7O/c1-7(2)4-19(5-8(13)20)11-9-10(16-6-15-9)17-12(14-3)18-11/h6-7H,4-5H2,1-3H3,(H2,13,20)(H2,14,15,16,17,18). The number of hydrogen-bond acceptors (Lipinski definition) is 6. The van der Waals surface area contributed by atoms with Crippen LogP contribution in [0.2, 0.25) is 0 Å². The van der Waals surface area contributed by atoms with Gasteiger partial charge in [0.15, 0.2) is 11.5 Å². The molecule has 0 saturated carbocycles. The lowest BCUT2D eigenvalue weighted by Gasteiger charge is -2.24. The lowest BCUT2D eigenvalue weighted by Crippen LogP contribution is -2.37. The van der Waals surface area contributed by atoms with Crippen LogP contribution in [-0.4, -0.2) is 46.0 Å². The molecular weight excluding hydrogens is 258 g/mol. The molecule has 8 heteroatoms. The normalized spacial score (nSPS) is 11.0. The van der Waals surface area contributed by atoms with E-state index in [2.05, 4.69) is 39.1 Å². The SMILES string of the molecule is CNc1nc(N(CC(N)=O)CC(C)C)c2[nH]cnc2n1. The second kappa shape index (κ2) is 5.72. The van der Waals surface area contributed by atoms with Crippen LogP contribution < -0.4 is 16.0 Å². The molecule has 108 valence electrons. The van der Waals surface area contributed by atoms with Crippen molar-refractivity contribution in [3.05, 3.63) is 6.33 Å². The van der Waals surface area contributed by atoms with Gasteiger partial charge in [-0.15, -0.1) is 0 Å². The molecule has 0 aliphatic heterocycles. The smallest absolute Gasteiger partial charge is 0.237 e. The summed E-state index contributed by atoms with van der Waals surface area (Å²) in [7, 11) is 1.73. The summed E-state index contributed by atoms with van der Waals surface area (Å²) in [6.45, 7) is 4.90. The number of imidazole rings is 1. The molecule has 2 aromatic rings. The van der Waals surface area contributed by atoms with E-state index in [0.29, 0.717) is 35.4 Å². The summed E-state index contributed by atoms with van der Waals surface area (Å²) in [5, 5.41) is 2.89. The third-order valence-corrected chi connectivity index (χ3v) is 2.72. The zero-order valence-electron chi connectivity index (χ0n) is 11.8. The zero-order valence-corrected chi connectivity index (χ0v) is 11.8. The number of nitrogens with one attached hydrogen (secondary N) is 2. The van der Waals surface area contributed by atoms with Crippen molar-refractivity contribution < 1.29 is 4.79 Å². The van der Waals surface area contributed by atoms with Gasteiger partial charge in [-0.25, -0.2) is 4.98 Å². The fourth-order valence-electron chi connectivity index (χ4n) is 2.01. The van der Waals surface area contributed by atoms with E-state index in [4.69, 9.17) is 5.73 Å². The Morgan fingerprint density at radius 3 is 2.85 bits per heavy atom. The van der Waals surface area contributed by atoms with Gasteiger partial charge in [-0.1, -0.05) is 13.8 Å². The van der Waals surface area contributed by atoms with E-state index >= 15 is 0 Å². The largest absolute Gasteiger partial charge is 0.368 e. The van der Waals surface area contributed by atoms with Crippen LogP contribution >= 0.6 is 0 Å². The Labute approximate surface area is 116 Å². The molecule has 4 N–H and O–H groups in total. The fraction of sp³-hybridized carbons (Fsp3) is 0.500. The monoisotopic (exact) mass is 277 g/mol. The molecule has 0 aliphatic carbocycles. The number of primary amides is 1. The molecule has 0 aliphatic rings. The number of hydrogen-bond donors (Lipinski definition) is 3. The van der Waals surface area contributed by atoms with Gasteiger partial charge in [-0.2, -0.15) is 9.97 Å². The van der Waals surface area contributed by atoms with Crippen molar-refractivity contribution in [2.24, 2.45) is 11.7 Å². The van der Waals surface area contributed by atoms with Gasteiger partial charge in [-0.3, -0.25) is 4.79 Å². The molecule has 0 bridgehead atoms. The number of aromatic nitrogens is 4. The molecule has 0 unspecified atom stereocenters. The molecule has 2 rings (SSSR count). The van der Waals surface area contributed by atoms with Gasteiger partial charge in [0.05, 0.1) is 12.9 Å². The van der Waals surface area contributed by atoms with Crippen molar-refractivity contribution in [3.63, 3.8) is 0 Å².